The van der Waals surface area contributed by atoms with E-state index in [2.05, 4.69) is 5.32 Å². The minimum absolute atomic E-state index is 0.239. The van der Waals surface area contributed by atoms with E-state index in [-0.39, 0.29) is 11.3 Å². The van der Waals surface area contributed by atoms with Crippen molar-refractivity contribution in [3.8, 4) is 5.75 Å². The Labute approximate surface area is 137 Å². The molecule has 3 N–H and O–H groups in total. The molecule has 0 heterocycles. The predicted molar refractivity (Wildman–Crippen MR) is 86.9 cm³/mol. The predicted octanol–water partition coefficient (Wildman–Crippen LogP) is 3.78. The van der Waals surface area contributed by atoms with Crippen molar-refractivity contribution in [2.75, 3.05) is 5.32 Å². The normalized spacial score (nSPS) is 11.5. The van der Waals surface area contributed by atoms with Crippen molar-refractivity contribution in [2.24, 2.45) is 0 Å². The maximum Gasteiger partial charge on any atom is 0.412 e. The molecule has 2 rings (SSSR count). The van der Waals surface area contributed by atoms with E-state index < -0.39 is 23.2 Å². The standard InChI is InChI=1S/C16H15NO5S/c1-10(23-12-5-3-2-4-6-12)22-16(21)17-11-7-8-13(15(19)20)14(18)9-11/h2-10,18H,1H3,(H,17,21)(H,19,20). The highest BCUT2D eigenvalue weighted by Crippen LogP contribution is 2.25. The fraction of sp³-hybridized carbons (Fsp3) is 0.125. The van der Waals surface area contributed by atoms with Gasteiger partial charge in [-0.3, -0.25) is 5.32 Å². The van der Waals surface area contributed by atoms with Crippen molar-refractivity contribution in [3.63, 3.8) is 0 Å². The average Bonchev–Trinajstić information content (AvgIpc) is 2.47. The summed E-state index contributed by atoms with van der Waals surface area (Å²) < 4.78 is 5.19. The number of rotatable bonds is 5. The molecule has 0 aromatic heterocycles. The zero-order chi connectivity index (χ0) is 16.8. The van der Waals surface area contributed by atoms with Crippen LogP contribution in [-0.2, 0) is 4.74 Å². The van der Waals surface area contributed by atoms with Gasteiger partial charge in [-0.15, -0.1) is 0 Å². The average molecular weight is 333 g/mol. The van der Waals surface area contributed by atoms with Crippen LogP contribution in [0.3, 0.4) is 0 Å². The van der Waals surface area contributed by atoms with E-state index in [4.69, 9.17) is 9.84 Å². The van der Waals surface area contributed by atoms with E-state index in [1.165, 1.54) is 23.9 Å². The fourth-order valence-electron chi connectivity index (χ4n) is 1.80. The van der Waals surface area contributed by atoms with Crippen LogP contribution in [0.4, 0.5) is 10.5 Å². The van der Waals surface area contributed by atoms with Gasteiger partial charge in [0.15, 0.2) is 5.44 Å². The van der Waals surface area contributed by atoms with E-state index in [9.17, 15) is 14.7 Å². The highest BCUT2D eigenvalue weighted by Gasteiger charge is 2.13. The first kappa shape index (κ1) is 16.7. The molecule has 7 heteroatoms. The molecule has 1 amide bonds. The summed E-state index contributed by atoms with van der Waals surface area (Å²) in [6.45, 7) is 1.74. The summed E-state index contributed by atoms with van der Waals surface area (Å²) in [6.07, 6.45) is -0.691. The highest BCUT2D eigenvalue weighted by atomic mass is 32.2. The van der Waals surface area contributed by atoms with Gasteiger partial charge in [0.25, 0.3) is 0 Å². The van der Waals surface area contributed by atoms with Crippen LogP contribution in [0.25, 0.3) is 0 Å². The SMILES string of the molecule is CC(OC(=O)Nc1ccc(C(=O)O)c(O)c1)Sc1ccccc1. The Balaban J connectivity index is 1.91. The lowest BCUT2D eigenvalue weighted by Gasteiger charge is -2.13. The number of hydrogen-bond acceptors (Lipinski definition) is 5. The number of carbonyl (C=O) groups excluding carboxylic acids is 1. The number of anilines is 1. The number of carboxylic acids is 1. The minimum atomic E-state index is -1.25. The number of amides is 1. The molecule has 0 saturated carbocycles. The number of carboxylic acid groups (broad SMARTS) is 1. The number of hydrogen-bond donors (Lipinski definition) is 3. The minimum Gasteiger partial charge on any atom is -0.507 e. The summed E-state index contributed by atoms with van der Waals surface area (Å²) in [7, 11) is 0. The van der Waals surface area contributed by atoms with Gasteiger partial charge in [-0.1, -0.05) is 30.0 Å². The van der Waals surface area contributed by atoms with Crippen LogP contribution in [-0.4, -0.2) is 27.7 Å². The lowest BCUT2D eigenvalue weighted by Crippen LogP contribution is -2.18. The first-order chi connectivity index (χ1) is 11.0. The molecule has 0 fully saturated rings. The van der Waals surface area contributed by atoms with E-state index >= 15 is 0 Å². The van der Waals surface area contributed by atoms with Gasteiger partial charge in [-0.2, -0.15) is 0 Å². The topological polar surface area (TPSA) is 95.9 Å². The third kappa shape index (κ3) is 4.93. The maximum atomic E-state index is 11.8. The monoisotopic (exact) mass is 333 g/mol. The molecule has 0 aliphatic rings. The van der Waals surface area contributed by atoms with E-state index in [1.807, 2.05) is 30.3 Å². The van der Waals surface area contributed by atoms with Gasteiger partial charge in [0.1, 0.15) is 11.3 Å². The first-order valence-electron chi connectivity index (χ1n) is 6.71. The number of phenols is 1. The van der Waals surface area contributed by atoms with Gasteiger partial charge in [0, 0.05) is 16.6 Å². The van der Waals surface area contributed by atoms with E-state index in [0.717, 1.165) is 11.0 Å². The summed E-state index contributed by atoms with van der Waals surface area (Å²) >= 11 is 1.38. The molecule has 23 heavy (non-hydrogen) atoms. The van der Waals surface area contributed by atoms with Crippen molar-refractivity contribution in [3.05, 3.63) is 54.1 Å². The Bertz CT molecular complexity index is 705. The van der Waals surface area contributed by atoms with Crippen LogP contribution in [0.5, 0.6) is 5.75 Å². The second kappa shape index (κ2) is 7.55. The van der Waals surface area contributed by atoms with Crippen LogP contribution >= 0.6 is 11.8 Å². The molecule has 120 valence electrons. The number of benzene rings is 2. The van der Waals surface area contributed by atoms with Gasteiger partial charge in [0.05, 0.1) is 0 Å². The molecule has 1 unspecified atom stereocenters. The summed E-state index contributed by atoms with van der Waals surface area (Å²) in [6, 6.07) is 13.2. The Kier molecular flexibility index (Phi) is 5.48. The quantitative estimate of drug-likeness (QED) is 0.569. The third-order valence-electron chi connectivity index (χ3n) is 2.79. The highest BCUT2D eigenvalue weighted by molar-refractivity contribution is 7.99. The molecule has 0 saturated heterocycles. The van der Waals surface area contributed by atoms with Crippen LogP contribution in [0.1, 0.15) is 17.3 Å². The molecular formula is C16H15NO5S. The van der Waals surface area contributed by atoms with Crippen molar-refractivity contribution in [1.29, 1.82) is 0 Å². The molecule has 0 spiro atoms. The molecule has 0 radical (unpaired) electrons. The summed E-state index contributed by atoms with van der Waals surface area (Å²) in [4.78, 5) is 23.6. The van der Waals surface area contributed by atoms with Gasteiger partial charge in [-0.05, 0) is 31.2 Å². The molecule has 0 aliphatic carbocycles. The van der Waals surface area contributed by atoms with Crippen molar-refractivity contribution in [2.45, 2.75) is 17.3 Å². The molecule has 0 aliphatic heterocycles. The van der Waals surface area contributed by atoms with Crippen molar-refractivity contribution >= 4 is 29.5 Å². The number of aromatic hydroxyl groups is 1. The maximum absolute atomic E-state index is 11.8. The molecule has 6 nitrogen and oxygen atoms in total. The largest absolute Gasteiger partial charge is 0.507 e. The van der Waals surface area contributed by atoms with Crippen LogP contribution in [0, 0.1) is 0 Å². The molecule has 1 atom stereocenters. The Morgan fingerprint density at radius 1 is 1.17 bits per heavy atom. The van der Waals surface area contributed by atoms with Gasteiger partial charge in [0.2, 0.25) is 0 Å². The van der Waals surface area contributed by atoms with E-state index in [0.29, 0.717) is 0 Å². The lowest BCUT2D eigenvalue weighted by molar-refractivity contribution is 0.0693. The number of ether oxygens (including phenoxy) is 1. The summed E-state index contributed by atoms with van der Waals surface area (Å²) in [5.41, 5.74) is -0.407. The number of nitrogens with one attached hydrogen (secondary N) is 1. The number of carbonyl (C=O) groups is 2. The molecule has 0 bridgehead atoms. The molecular weight excluding hydrogens is 318 g/mol. The van der Waals surface area contributed by atoms with Crippen LogP contribution in [0.15, 0.2) is 53.4 Å². The second-order valence-corrected chi connectivity index (χ2v) is 5.94. The first-order valence-corrected chi connectivity index (χ1v) is 7.59. The molecule has 2 aromatic carbocycles. The lowest BCUT2D eigenvalue weighted by atomic mass is 10.2. The van der Waals surface area contributed by atoms with Gasteiger partial charge in [-0.25, -0.2) is 9.59 Å². The number of thioether (sulfide) groups is 1. The van der Waals surface area contributed by atoms with Crippen molar-refractivity contribution < 1.29 is 24.5 Å². The Hall–Kier alpha value is -2.67. The second-order valence-electron chi connectivity index (χ2n) is 4.57. The van der Waals surface area contributed by atoms with Crippen molar-refractivity contribution in [1.82, 2.24) is 0 Å². The Morgan fingerprint density at radius 3 is 2.48 bits per heavy atom. The summed E-state index contributed by atoms with van der Waals surface area (Å²) in [5.74, 6) is -1.67. The van der Waals surface area contributed by atoms with Crippen LogP contribution in [0.2, 0.25) is 0 Å². The summed E-state index contributed by atoms with van der Waals surface area (Å²) in [5, 5.41) is 20.8. The van der Waals surface area contributed by atoms with Crippen LogP contribution < -0.4 is 5.32 Å². The third-order valence-corrected chi connectivity index (χ3v) is 3.77. The Morgan fingerprint density at radius 2 is 1.87 bits per heavy atom. The van der Waals surface area contributed by atoms with E-state index in [1.54, 1.807) is 6.92 Å². The molecule has 2 aromatic rings. The zero-order valence-electron chi connectivity index (χ0n) is 12.2. The smallest absolute Gasteiger partial charge is 0.412 e. The fourth-order valence-corrected chi connectivity index (χ4v) is 2.64. The number of aromatic carboxylic acids is 1. The van der Waals surface area contributed by atoms with Gasteiger partial charge >= 0.3 is 12.1 Å². The van der Waals surface area contributed by atoms with Gasteiger partial charge < -0.3 is 14.9 Å². The zero-order valence-corrected chi connectivity index (χ0v) is 13.0.